The minimum atomic E-state index is -3.69. The molecule has 9 heteroatoms. The number of amides is 1. The van der Waals surface area contributed by atoms with Crippen LogP contribution < -0.4 is 10.0 Å². The maximum absolute atomic E-state index is 12.5. The maximum atomic E-state index is 12.5. The molecule has 1 aliphatic heterocycles. The van der Waals surface area contributed by atoms with E-state index in [1.165, 1.54) is 23.5 Å². The van der Waals surface area contributed by atoms with Gasteiger partial charge in [0.05, 0.1) is 23.6 Å². The van der Waals surface area contributed by atoms with Gasteiger partial charge >= 0.3 is 0 Å². The average Bonchev–Trinajstić information content (AvgIpc) is 3.25. The third-order valence-electron chi connectivity index (χ3n) is 3.95. The second kappa shape index (κ2) is 6.60. The summed E-state index contributed by atoms with van der Waals surface area (Å²) < 4.78 is 27.6. The first-order chi connectivity index (χ1) is 12.5. The number of carbonyl (C=O) groups excluding carboxylic acids is 1. The molecule has 2 N–H and O–H groups in total. The summed E-state index contributed by atoms with van der Waals surface area (Å²) in [6.45, 7) is 0.104. The minimum Gasteiger partial charge on any atom is -0.326 e. The second-order valence-corrected chi connectivity index (χ2v) is 8.44. The Morgan fingerprint density at radius 1 is 1.19 bits per heavy atom. The molecular formula is C17H14N4O3S2. The zero-order chi connectivity index (χ0) is 18.1. The first-order valence-electron chi connectivity index (χ1n) is 7.78. The lowest BCUT2D eigenvalue weighted by molar-refractivity contribution is -0.115. The summed E-state index contributed by atoms with van der Waals surface area (Å²) in [4.78, 5) is 20.0. The number of rotatable bonds is 5. The molecule has 1 aliphatic rings. The van der Waals surface area contributed by atoms with Gasteiger partial charge in [0.1, 0.15) is 5.01 Å². The monoisotopic (exact) mass is 386 g/mol. The van der Waals surface area contributed by atoms with Crippen LogP contribution in [0.1, 0.15) is 10.6 Å². The third-order valence-corrected chi connectivity index (χ3v) is 6.20. The largest absolute Gasteiger partial charge is 0.326 e. The summed E-state index contributed by atoms with van der Waals surface area (Å²) in [6, 6.07) is 8.32. The van der Waals surface area contributed by atoms with E-state index < -0.39 is 10.0 Å². The fraction of sp³-hybridized carbons (Fsp3) is 0.118. The molecule has 1 aromatic carbocycles. The lowest BCUT2D eigenvalue weighted by Gasteiger charge is -2.07. The van der Waals surface area contributed by atoms with Crippen molar-refractivity contribution in [3.05, 3.63) is 58.7 Å². The normalized spacial score (nSPS) is 13.5. The zero-order valence-corrected chi connectivity index (χ0v) is 15.1. The Hall–Kier alpha value is -2.62. The molecule has 2 aromatic heterocycles. The van der Waals surface area contributed by atoms with Crippen LogP contribution in [0.5, 0.6) is 0 Å². The Kier molecular flexibility index (Phi) is 4.27. The van der Waals surface area contributed by atoms with Crippen molar-refractivity contribution in [3.8, 4) is 11.3 Å². The van der Waals surface area contributed by atoms with Gasteiger partial charge in [-0.05, 0) is 35.9 Å². The van der Waals surface area contributed by atoms with Crippen LogP contribution in [0.15, 0.2) is 53.0 Å². The number of fused-ring (bicyclic) bond motifs is 1. The van der Waals surface area contributed by atoms with Gasteiger partial charge in [0, 0.05) is 29.0 Å². The molecule has 0 aliphatic carbocycles. The fourth-order valence-electron chi connectivity index (χ4n) is 2.66. The molecule has 1 amide bonds. The highest BCUT2D eigenvalue weighted by atomic mass is 32.2. The van der Waals surface area contributed by atoms with Crippen LogP contribution >= 0.6 is 11.3 Å². The predicted molar refractivity (Wildman–Crippen MR) is 98.1 cm³/mol. The SMILES string of the molecule is O=C1Cc2cc(S(=O)(=O)NCc3nc(-c4ccncc4)cs3)ccc2N1. The Morgan fingerprint density at radius 2 is 2.00 bits per heavy atom. The number of hydrogen-bond acceptors (Lipinski definition) is 6. The maximum Gasteiger partial charge on any atom is 0.240 e. The highest BCUT2D eigenvalue weighted by Crippen LogP contribution is 2.26. The lowest BCUT2D eigenvalue weighted by atomic mass is 10.2. The van der Waals surface area contributed by atoms with E-state index in [-0.39, 0.29) is 23.8 Å². The van der Waals surface area contributed by atoms with Gasteiger partial charge in [-0.25, -0.2) is 18.1 Å². The average molecular weight is 386 g/mol. The van der Waals surface area contributed by atoms with Gasteiger partial charge in [-0.2, -0.15) is 0 Å². The summed E-state index contributed by atoms with van der Waals surface area (Å²) in [7, 11) is -3.69. The molecule has 0 radical (unpaired) electrons. The van der Waals surface area contributed by atoms with Crippen LogP contribution in [0.3, 0.4) is 0 Å². The lowest BCUT2D eigenvalue weighted by Crippen LogP contribution is -2.23. The van der Waals surface area contributed by atoms with Crippen molar-refractivity contribution in [2.24, 2.45) is 0 Å². The third kappa shape index (κ3) is 3.36. The number of hydrogen-bond donors (Lipinski definition) is 2. The number of nitrogens with zero attached hydrogens (tertiary/aromatic N) is 2. The van der Waals surface area contributed by atoms with E-state index in [4.69, 9.17) is 0 Å². The van der Waals surface area contributed by atoms with Crippen molar-refractivity contribution in [3.63, 3.8) is 0 Å². The highest BCUT2D eigenvalue weighted by molar-refractivity contribution is 7.89. The van der Waals surface area contributed by atoms with Crippen molar-refractivity contribution in [1.29, 1.82) is 0 Å². The Labute approximate surface area is 154 Å². The number of sulfonamides is 1. The Morgan fingerprint density at radius 3 is 2.81 bits per heavy atom. The van der Waals surface area contributed by atoms with Gasteiger partial charge in [0.2, 0.25) is 15.9 Å². The quantitative estimate of drug-likeness (QED) is 0.700. The molecule has 3 heterocycles. The standard InChI is InChI=1S/C17H14N4O3S2/c22-16-8-12-7-13(1-2-14(12)20-16)26(23,24)19-9-17-21-15(10-25-17)11-3-5-18-6-4-11/h1-7,10,19H,8-9H2,(H,20,22). The van der Waals surface area contributed by atoms with E-state index in [2.05, 4.69) is 20.0 Å². The van der Waals surface area contributed by atoms with Gasteiger partial charge in [-0.3, -0.25) is 9.78 Å². The van der Waals surface area contributed by atoms with Crippen LogP contribution in [-0.2, 0) is 27.8 Å². The van der Waals surface area contributed by atoms with Crippen molar-refractivity contribution in [1.82, 2.24) is 14.7 Å². The van der Waals surface area contributed by atoms with E-state index in [0.717, 1.165) is 11.3 Å². The molecule has 3 aromatic rings. The molecule has 0 fully saturated rings. The van der Waals surface area contributed by atoms with Crippen molar-refractivity contribution < 1.29 is 13.2 Å². The Bertz CT molecular complexity index is 1080. The summed E-state index contributed by atoms with van der Waals surface area (Å²) >= 11 is 1.39. The van der Waals surface area contributed by atoms with Crippen LogP contribution in [0.2, 0.25) is 0 Å². The second-order valence-electron chi connectivity index (χ2n) is 5.73. The smallest absolute Gasteiger partial charge is 0.240 e. The molecule has 0 saturated carbocycles. The predicted octanol–water partition coefficient (Wildman–Crippen LogP) is 2.18. The molecule has 0 atom stereocenters. The number of benzene rings is 1. The van der Waals surface area contributed by atoms with Gasteiger partial charge in [-0.15, -0.1) is 11.3 Å². The Balaban J connectivity index is 1.49. The number of thiazole rings is 1. The van der Waals surface area contributed by atoms with Crippen LogP contribution in [0, 0.1) is 0 Å². The summed E-state index contributed by atoms with van der Waals surface area (Å²) in [5, 5.41) is 5.23. The fourth-order valence-corrected chi connectivity index (χ4v) is 4.53. The molecule has 0 unspecified atom stereocenters. The molecule has 7 nitrogen and oxygen atoms in total. The number of carbonyl (C=O) groups is 1. The van der Waals surface area contributed by atoms with E-state index in [0.29, 0.717) is 16.3 Å². The summed E-state index contributed by atoms with van der Waals surface area (Å²) in [5.74, 6) is -0.131. The van der Waals surface area contributed by atoms with Crippen molar-refractivity contribution in [2.45, 2.75) is 17.9 Å². The molecule has 0 saturated heterocycles. The molecule has 132 valence electrons. The number of nitrogens with one attached hydrogen (secondary N) is 2. The van der Waals surface area contributed by atoms with Crippen LogP contribution in [0.4, 0.5) is 5.69 Å². The van der Waals surface area contributed by atoms with E-state index in [1.807, 2.05) is 17.5 Å². The highest BCUT2D eigenvalue weighted by Gasteiger charge is 2.22. The molecule has 0 bridgehead atoms. The number of pyridine rings is 1. The molecular weight excluding hydrogens is 372 g/mol. The van der Waals surface area contributed by atoms with Crippen LogP contribution in [-0.4, -0.2) is 24.3 Å². The molecule has 4 rings (SSSR count). The van der Waals surface area contributed by atoms with Crippen molar-refractivity contribution >= 4 is 33.0 Å². The molecule has 0 spiro atoms. The minimum absolute atomic E-state index is 0.104. The van der Waals surface area contributed by atoms with E-state index >= 15 is 0 Å². The van der Waals surface area contributed by atoms with Gasteiger partial charge in [0.15, 0.2) is 0 Å². The number of anilines is 1. The van der Waals surface area contributed by atoms with Gasteiger partial charge < -0.3 is 5.32 Å². The van der Waals surface area contributed by atoms with Crippen molar-refractivity contribution in [2.75, 3.05) is 5.32 Å². The summed E-state index contributed by atoms with van der Waals surface area (Å²) in [6.07, 6.45) is 3.56. The first kappa shape index (κ1) is 16.8. The summed E-state index contributed by atoms with van der Waals surface area (Å²) in [5.41, 5.74) is 3.07. The first-order valence-corrected chi connectivity index (χ1v) is 10.1. The zero-order valence-electron chi connectivity index (χ0n) is 13.5. The van der Waals surface area contributed by atoms with E-state index in [1.54, 1.807) is 18.5 Å². The van der Waals surface area contributed by atoms with Gasteiger partial charge in [0.25, 0.3) is 0 Å². The van der Waals surface area contributed by atoms with E-state index in [9.17, 15) is 13.2 Å². The number of aromatic nitrogens is 2. The van der Waals surface area contributed by atoms with Gasteiger partial charge in [-0.1, -0.05) is 0 Å². The molecule has 26 heavy (non-hydrogen) atoms. The topological polar surface area (TPSA) is 101 Å². The van der Waals surface area contributed by atoms with Crippen LogP contribution in [0.25, 0.3) is 11.3 Å².